The molecule has 4 rings (SSSR count). The average Bonchev–Trinajstić information content (AvgIpc) is 2.84. The third-order valence-corrected chi connectivity index (χ3v) is 6.75. The number of amides is 1. The summed E-state index contributed by atoms with van der Waals surface area (Å²) in [4.78, 5) is 18.0. The third kappa shape index (κ3) is 5.55. The summed E-state index contributed by atoms with van der Waals surface area (Å²) >= 11 is 0. The first-order valence-corrected chi connectivity index (χ1v) is 12.1. The highest BCUT2D eigenvalue weighted by Crippen LogP contribution is 2.24. The minimum atomic E-state index is -0.0669. The minimum Gasteiger partial charge on any atom is -0.508 e. The first kappa shape index (κ1) is 23.3. The van der Waals surface area contributed by atoms with E-state index in [0.717, 1.165) is 60.8 Å². The molecule has 3 N–H and O–H groups in total. The number of hydrogen-bond acceptors (Lipinski definition) is 4. The molecule has 0 radical (unpaired) electrons. The molecule has 1 aliphatic heterocycles. The van der Waals surface area contributed by atoms with Gasteiger partial charge in [0.25, 0.3) is 5.91 Å². The summed E-state index contributed by atoms with van der Waals surface area (Å²) in [6.07, 6.45) is 3.96. The smallest absolute Gasteiger partial charge is 0.254 e. The molecular weight excluding hydrogens is 410 g/mol. The van der Waals surface area contributed by atoms with Crippen molar-refractivity contribution in [1.82, 2.24) is 9.80 Å². The van der Waals surface area contributed by atoms with E-state index >= 15 is 0 Å². The number of hydrogen-bond donors (Lipinski definition) is 2. The Kier molecular flexibility index (Phi) is 7.63. The molecule has 0 aromatic heterocycles. The Labute approximate surface area is 196 Å². The summed E-state index contributed by atoms with van der Waals surface area (Å²) in [6.45, 7) is 5.22. The number of nitrogens with zero attached hydrogens (tertiary/aromatic N) is 2. The monoisotopic (exact) mass is 445 g/mol. The SMILES string of the molecule is CCCC[C@H]1CN(C(=O)c2cccc3ccccc23)CCN1CC(N)Cc1ccccc1O. The Balaban J connectivity index is 1.45. The van der Waals surface area contributed by atoms with Gasteiger partial charge >= 0.3 is 0 Å². The molecule has 33 heavy (non-hydrogen) atoms. The van der Waals surface area contributed by atoms with E-state index in [1.165, 1.54) is 0 Å². The number of unbranched alkanes of at least 4 members (excludes halogenated alkanes) is 1. The second kappa shape index (κ2) is 10.8. The first-order valence-electron chi connectivity index (χ1n) is 12.1. The van der Waals surface area contributed by atoms with Crippen molar-refractivity contribution in [3.63, 3.8) is 0 Å². The predicted octanol–water partition coefficient (Wildman–Crippen LogP) is 4.43. The van der Waals surface area contributed by atoms with Crippen molar-refractivity contribution in [1.29, 1.82) is 0 Å². The third-order valence-electron chi connectivity index (χ3n) is 6.75. The Hall–Kier alpha value is -2.89. The molecule has 0 saturated carbocycles. The second-order valence-corrected chi connectivity index (χ2v) is 9.16. The van der Waals surface area contributed by atoms with Crippen LogP contribution in [0.15, 0.2) is 66.7 Å². The second-order valence-electron chi connectivity index (χ2n) is 9.16. The van der Waals surface area contributed by atoms with Gasteiger partial charge in [0.1, 0.15) is 5.75 Å². The summed E-state index contributed by atoms with van der Waals surface area (Å²) in [6, 6.07) is 21.7. The highest BCUT2D eigenvalue weighted by Gasteiger charge is 2.31. The molecular formula is C28H35N3O2. The van der Waals surface area contributed by atoms with Gasteiger partial charge in [0.05, 0.1) is 0 Å². The molecule has 1 saturated heterocycles. The van der Waals surface area contributed by atoms with Gasteiger partial charge in [-0.2, -0.15) is 0 Å². The van der Waals surface area contributed by atoms with Crippen molar-refractivity contribution in [2.24, 2.45) is 5.73 Å². The fraction of sp³-hybridized carbons (Fsp3) is 0.393. The lowest BCUT2D eigenvalue weighted by Gasteiger charge is -2.42. The molecule has 3 aromatic rings. The Morgan fingerprint density at radius 2 is 1.82 bits per heavy atom. The van der Waals surface area contributed by atoms with Crippen LogP contribution >= 0.6 is 0 Å². The first-order chi connectivity index (χ1) is 16.1. The molecule has 0 aliphatic carbocycles. The van der Waals surface area contributed by atoms with Gasteiger partial charge in [-0.15, -0.1) is 0 Å². The van der Waals surface area contributed by atoms with E-state index in [1.807, 2.05) is 53.4 Å². The van der Waals surface area contributed by atoms with Crippen LogP contribution in [0.25, 0.3) is 10.8 Å². The molecule has 1 fully saturated rings. The van der Waals surface area contributed by atoms with Gasteiger partial charge in [0.2, 0.25) is 0 Å². The summed E-state index contributed by atoms with van der Waals surface area (Å²) in [5.41, 5.74) is 8.18. The molecule has 1 amide bonds. The maximum absolute atomic E-state index is 13.5. The minimum absolute atomic E-state index is 0.0669. The number of fused-ring (bicyclic) bond motifs is 1. The van der Waals surface area contributed by atoms with Crippen LogP contribution in [0.5, 0.6) is 5.75 Å². The van der Waals surface area contributed by atoms with E-state index in [2.05, 4.69) is 24.0 Å². The van der Waals surface area contributed by atoms with Crippen molar-refractivity contribution in [2.75, 3.05) is 26.2 Å². The fourth-order valence-corrected chi connectivity index (χ4v) is 4.95. The molecule has 5 nitrogen and oxygen atoms in total. The molecule has 0 bridgehead atoms. The summed E-state index contributed by atoms with van der Waals surface area (Å²) in [5, 5.41) is 12.2. The number of carbonyl (C=O) groups is 1. The van der Waals surface area contributed by atoms with Crippen molar-refractivity contribution >= 4 is 16.7 Å². The Bertz CT molecular complexity index is 1080. The summed E-state index contributed by atoms with van der Waals surface area (Å²) < 4.78 is 0. The molecule has 1 heterocycles. The number of carbonyl (C=O) groups excluding carboxylic acids is 1. The predicted molar refractivity (Wildman–Crippen MR) is 135 cm³/mol. The number of para-hydroxylation sites is 1. The normalized spacial score (nSPS) is 17.9. The quantitative estimate of drug-likeness (QED) is 0.538. The van der Waals surface area contributed by atoms with Crippen LogP contribution in [0, 0.1) is 0 Å². The van der Waals surface area contributed by atoms with Crippen molar-refractivity contribution < 1.29 is 9.90 Å². The van der Waals surface area contributed by atoms with E-state index < -0.39 is 0 Å². The summed E-state index contributed by atoms with van der Waals surface area (Å²) in [7, 11) is 0. The van der Waals surface area contributed by atoms with Crippen molar-refractivity contribution in [2.45, 2.75) is 44.7 Å². The zero-order valence-corrected chi connectivity index (χ0v) is 19.5. The van der Waals surface area contributed by atoms with Crippen LogP contribution in [-0.4, -0.2) is 59.1 Å². The number of benzene rings is 3. The van der Waals surface area contributed by atoms with Gasteiger partial charge < -0.3 is 15.7 Å². The van der Waals surface area contributed by atoms with E-state index in [0.29, 0.717) is 24.8 Å². The lowest BCUT2D eigenvalue weighted by Crippen LogP contribution is -2.57. The van der Waals surface area contributed by atoms with Crippen LogP contribution in [0.1, 0.15) is 42.1 Å². The zero-order chi connectivity index (χ0) is 23.2. The maximum atomic E-state index is 13.5. The molecule has 5 heteroatoms. The van der Waals surface area contributed by atoms with Gasteiger partial charge in [-0.25, -0.2) is 0 Å². The molecule has 1 aliphatic rings. The van der Waals surface area contributed by atoms with Gasteiger partial charge in [-0.1, -0.05) is 74.4 Å². The molecule has 3 aromatic carbocycles. The molecule has 0 spiro atoms. The maximum Gasteiger partial charge on any atom is 0.254 e. The van der Waals surface area contributed by atoms with Crippen molar-refractivity contribution in [3.05, 3.63) is 77.9 Å². The number of piperazine rings is 1. The summed E-state index contributed by atoms with van der Waals surface area (Å²) in [5.74, 6) is 0.424. The Morgan fingerprint density at radius 1 is 1.06 bits per heavy atom. The topological polar surface area (TPSA) is 69.8 Å². The largest absolute Gasteiger partial charge is 0.508 e. The van der Waals surface area contributed by atoms with E-state index in [-0.39, 0.29) is 11.9 Å². The molecule has 174 valence electrons. The van der Waals surface area contributed by atoms with E-state index in [9.17, 15) is 9.90 Å². The van der Waals surface area contributed by atoms with Crippen LogP contribution in [0.4, 0.5) is 0 Å². The Morgan fingerprint density at radius 3 is 2.64 bits per heavy atom. The van der Waals surface area contributed by atoms with Crippen LogP contribution in [-0.2, 0) is 6.42 Å². The molecule has 1 unspecified atom stereocenters. The highest BCUT2D eigenvalue weighted by molar-refractivity contribution is 6.07. The van der Waals surface area contributed by atoms with Gasteiger partial charge in [-0.3, -0.25) is 9.69 Å². The van der Waals surface area contributed by atoms with E-state index in [4.69, 9.17) is 5.73 Å². The fourth-order valence-electron chi connectivity index (χ4n) is 4.95. The number of phenolic OH excluding ortho intramolecular Hbond substituents is 1. The van der Waals surface area contributed by atoms with Gasteiger partial charge in [-0.05, 0) is 41.3 Å². The number of nitrogens with two attached hydrogens (primary N) is 1. The van der Waals surface area contributed by atoms with Gasteiger partial charge in [0, 0.05) is 43.8 Å². The standard InChI is InChI=1S/C28H35N3O2/c1-2-3-12-24-20-31(28(33)26-14-8-11-21-9-4-6-13-25(21)26)17-16-30(24)19-23(29)18-22-10-5-7-15-27(22)32/h4-11,13-15,23-24,32H,2-3,12,16-20,29H2,1H3/t23?,24-/m0/s1. The van der Waals surface area contributed by atoms with Crippen molar-refractivity contribution in [3.8, 4) is 5.75 Å². The lowest BCUT2D eigenvalue weighted by atomic mass is 9.99. The van der Waals surface area contributed by atoms with E-state index in [1.54, 1.807) is 6.07 Å². The van der Waals surface area contributed by atoms with Crippen LogP contribution < -0.4 is 5.73 Å². The highest BCUT2D eigenvalue weighted by atomic mass is 16.3. The zero-order valence-electron chi connectivity index (χ0n) is 19.5. The average molecular weight is 446 g/mol. The number of phenols is 1. The lowest BCUT2D eigenvalue weighted by molar-refractivity contribution is 0.0443. The number of aromatic hydroxyl groups is 1. The van der Waals surface area contributed by atoms with Gasteiger partial charge in [0.15, 0.2) is 0 Å². The number of rotatable bonds is 8. The van der Waals surface area contributed by atoms with Crippen LogP contribution in [0.2, 0.25) is 0 Å². The molecule has 2 atom stereocenters. The van der Waals surface area contributed by atoms with Crippen LogP contribution in [0.3, 0.4) is 0 Å².